The smallest absolute Gasteiger partial charge is 0.262 e. The summed E-state index contributed by atoms with van der Waals surface area (Å²) in [5, 5.41) is 4.03. The Hall–Kier alpha value is -1.76. The lowest BCUT2D eigenvalue weighted by atomic mass is 10.0. The van der Waals surface area contributed by atoms with Gasteiger partial charge in [-0.2, -0.15) is 0 Å². The Morgan fingerprint density at radius 3 is 2.55 bits per heavy atom. The molecule has 2 atom stereocenters. The van der Waals surface area contributed by atoms with Gasteiger partial charge in [0.05, 0.1) is 16.9 Å². The molecule has 3 rings (SSSR count). The van der Waals surface area contributed by atoms with Crippen LogP contribution in [-0.2, 0) is 9.47 Å². The predicted octanol–water partition coefficient (Wildman–Crippen LogP) is 1.81. The normalized spacial score (nSPS) is 21.0. The third-order valence-electron chi connectivity index (χ3n) is 4.13. The van der Waals surface area contributed by atoms with E-state index in [1.54, 1.807) is 24.9 Å². The summed E-state index contributed by atoms with van der Waals surface area (Å²) in [4.78, 5) is 17.6. The first-order valence-electron chi connectivity index (χ1n) is 7.41. The molecule has 2 heterocycles. The number of hydrogen-bond donors (Lipinski definition) is 1. The van der Waals surface area contributed by atoms with Crippen molar-refractivity contribution in [1.29, 1.82) is 0 Å². The third kappa shape index (κ3) is 2.24. The van der Waals surface area contributed by atoms with Gasteiger partial charge in [0, 0.05) is 14.2 Å². The topological polar surface area (TPSA) is 65.4 Å². The minimum Gasteiger partial charge on any atom is -0.353 e. The third-order valence-corrected chi connectivity index (χ3v) is 4.13. The van der Waals surface area contributed by atoms with Gasteiger partial charge in [0.15, 0.2) is 6.29 Å². The molecule has 1 aromatic heterocycles. The van der Waals surface area contributed by atoms with Crippen LogP contribution < -0.4 is 10.9 Å². The van der Waals surface area contributed by atoms with Crippen molar-refractivity contribution in [2.24, 2.45) is 5.92 Å². The maximum atomic E-state index is 12.9. The molecule has 2 aromatic rings. The fourth-order valence-corrected chi connectivity index (χ4v) is 3.03. The molecule has 1 aliphatic rings. The van der Waals surface area contributed by atoms with E-state index in [9.17, 15) is 4.79 Å². The van der Waals surface area contributed by atoms with Crippen LogP contribution in [0.1, 0.15) is 31.9 Å². The average molecular weight is 303 g/mol. The zero-order chi connectivity index (χ0) is 15.9. The van der Waals surface area contributed by atoms with E-state index in [-0.39, 0.29) is 17.8 Å². The highest BCUT2D eigenvalue weighted by Gasteiger charge is 2.39. The van der Waals surface area contributed by atoms with E-state index < -0.39 is 6.29 Å². The van der Waals surface area contributed by atoms with Crippen LogP contribution >= 0.6 is 0 Å². The molecule has 0 saturated heterocycles. The van der Waals surface area contributed by atoms with Crippen LogP contribution in [0.5, 0.6) is 0 Å². The SMILES string of the molecule is COC(OC)C1N[C@@H](C(C)C)c2nc3ccccc3c(=O)n21. The van der Waals surface area contributed by atoms with Crippen molar-refractivity contribution in [3.05, 3.63) is 40.4 Å². The molecule has 0 bridgehead atoms. The zero-order valence-electron chi connectivity index (χ0n) is 13.2. The molecule has 0 fully saturated rings. The fraction of sp³-hybridized carbons (Fsp3) is 0.500. The van der Waals surface area contributed by atoms with Gasteiger partial charge in [0.25, 0.3) is 5.56 Å². The molecule has 22 heavy (non-hydrogen) atoms. The number of rotatable bonds is 4. The lowest BCUT2D eigenvalue weighted by molar-refractivity contribution is -0.137. The monoisotopic (exact) mass is 303 g/mol. The van der Waals surface area contributed by atoms with Crippen molar-refractivity contribution >= 4 is 10.9 Å². The largest absolute Gasteiger partial charge is 0.353 e. The summed E-state index contributed by atoms with van der Waals surface area (Å²) in [6.07, 6.45) is -0.940. The predicted molar refractivity (Wildman–Crippen MR) is 83.6 cm³/mol. The van der Waals surface area contributed by atoms with Crippen LogP contribution in [0.25, 0.3) is 10.9 Å². The Morgan fingerprint density at radius 2 is 1.91 bits per heavy atom. The molecule has 0 spiro atoms. The van der Waals surface area contributed by atoms with E-state index in [1.807, 2.05) is 18.2 Å². The van der Waals surface area contributed by atoms with Crippen molar-refractivity contribution in [3.8, 4) is 0 Å². The number of ether oxygens (including phenoxy) is 2. The maximum absolute atomic E-state index is 12.9. The first-order valence-corrected chi connectivity index (χ1v) is 7.41. The van der Waals surface area contributed by atoms with Gasteiger partial charge in [-0.25, -0.2) is 4.98 Å². The Bertz CT molecular complexity index is 737. The van der Waals surface area contributed by atoms with Crippen LogP contribution in [-0.4, -0.2) is 30.1 Å². The van der Waals surface area contributed by atoms with E-state index >= 15 is 0 Å². The highest BCUT2D eigenvalue weighted by Crippen LogP contribution is 2.32. The van der Waals surface area contributed by atoms with Crippen LogP contribution in [0.4, 0.5) is 0 Å². The second-order valence-corrected chi connectivity index (χ2v) is 5.84. The second-order valence-electron chi connectivity index (χ2n) is 5.84. The molecule has 0 aliphatic carbocycles. The van der Waals surface area contributed by atoms with Gasteiger partial charge in [-0.1, -0.05) is 26.0 Å². The van der Waals surface area contributed by atoms with Gasteiger partial charge in [0.1, 0.15) is 12.0 Å². The summed E-state index contributed by atoms with van der Waals surface area (Å²) in [6.45, 7) is 4.20. The molecule has 0 amide bonds. The number of methoxy groups -OCH3 is 2. The van der Waals surface area contributed by atoms with Gasteiger partial charge in [-0.15, -0.1) is 0 Å². The Morgan fingerprint density at radius 1 is 1.23 bits per heavy atom. The maximum Gasteiger partial charge on any atom is 0.262 e. The quantitative estimate of drug-likeness (QED) is 0.873. The van der Waals surface area contributed by atoms with Crippen LogP contribution in [0.3, 0.4) is 0 Å². The lowest BCUT2D eigenvalue weighted by Gasteiger charge is -2.23. The second kappa shape index (κ2) is 5.79. The Balaban J connectivity index is 2.25. The number of para-hydroxylation sites is 1. The molecule has 0 saturated carbocycles. The lowest BCUT2D eigenvalue weighted by Crippen LogP contribution is -2.38. The Kier molecular flexibility index (Phi) is 3.99. The zero-order valence-corrected chi connectivity index (χ0v) is 13.2. The van der Waals surface area contributed by atoms with Crippen molar-refractivity contribution in [3.63, 3.8) is 0 Å². The molecule has 6 nitrogen and oxygen atoms in total. The number of fused-ring (bicyclic) bond motifs is 2. The van der Waals surface area contributed by atoms with Gasteiger partial charge in [-0.3, -0.25) is 14.7 Å². The van der Waals surface area contributed by atoms with E-state index in [0.717, 1.165) is 11.3 Å². The van der Waals surface area contributed by atoms with Gasteiger partial charge >= 0.3 is 0 Å². The molecule has 1 aliphatic heterocycles. The minimum absolute atomic E-state index is 0.0184. The van der Waals surface area contributed by atoms with Gasteiger partial charge in [-0.05, 0) is 18.1 Å². The van der Waals surface area contributed by atoms with Crippen molar-refractivity contribution < 1.29 is 9.47 Å². The van der Waals surface area contributed by atoms with Crippen LogP contribution in [0, 0.1) is 5.92 Å². The molecule has 0 radical (unpaired) electrons. The molecule has 6 heteroatoms. The molecule has 1 unspecified atom stereocenters. The van der Waals surface area contributed by atoms with Gasteiger partial charge in [0.2, 0.25) is 0 Å². The highest BCUT2D eigenvalue weighted by atomic mass is 16.7. The van der Waals surface area contributed by atoms with Crippen LogP contribution in [0.15, 0.2) is 29.1 Å². The van der Waals surface area contributed by atoms with Crippen molar-refractivity contribution in [2.45, 2.75) is 32.3 Å². The van der Waals surface area contributed by atoms with Crippen molar-refractivity contribution in [2.75, 3.05) is 14.2 Å². The summed E-state index contributed by atoms with van der Waals surface area (Å²) in [7, 11) is 3.13. The molecule has 1 aromatic carbocycles. The number of aromatic nitrogens is 2. The fourth-order valence-electron chi connectivity index (χ4n) is 3.03. The first-order chi connectivity index (χ1) is 10.6. The number of hydrogen-bond acceptors (Lipinski definition) is 5. The van der Waals surface area contributed by atoms with E-state index in [4.69, 9.17) is 14.5 Å². The summed E-state index contributed by atoms with van der Waals surface area (Å²) in [6, 6.07) is 7.39. The molecule has 118 valence electrons. The molecular weight excluding hydrogens is 282 g/mol. The standard InChI is InChI=1S/C16H21N3O3/c1-9(2)12-13-17-11-8-6-5-7-10(11)15(20)19(13)14(18-12)16(21-3)22-4/h5-9,12,14,16,18H,1-4H3/t12-,14?/m0/s1. The van der Waals surface area contributed by atoms with E-state index in [0.29, 0.717) is 11.3 Å². The first kappa shape index (κ1) is 15.1. The molecular formula is C16H21N3O3. The Labute approximate surface area is 129 Å². The summed E-state index contributed by atoms with van der Waals surface area (Å²) in [5.74, 6) is 1.03. The van der Waals surface area contributed by atoms with Crippen molar-refractivity contribution in [1.82, 2.24) is 14.9 Å². The minimum atomic E-state index is -0.553. The molecule has 1 N–H and O–H groups in total. The summed E-state index contributed by atoms with van der Waals surface area (Å²) < 4.78 is 12.4. The average Bonchev–Trinajstić information content (AvgIpc) is 2.89. The number of nitrogens with one attached hydrogen (secondary N) is 1. The van der Waals surface area contributed by atoms with Gasteiger partial charge < -0.3 is 9.47 Å². The van der Waals surface area contributed by atoms with E-state index in [1.165, 1.54) is 0 Å². The van der Waals surface area contributed by atoms with E-state index in [2.05, 4.69) is 19.2 Å². The summed E-state index contributed by atoms with van der Waals surface area (Å²) >= 11 is 0. The summed E-state index contributed by atoms with van der Waals surface area (Å²) in [5.41, 5.74) is 0.651. The number of nitrogens with zero attached hydrogens (tertiary/aromatic N) is 2. The highest BCUT2D eigenvalue weighted by molar-refractivity contribution is 5.77. The number of benzene rings is 1. The van der Waals surface area contributed by atoms with Crippen LogP contribution in [0.2, 0.25) is 0 Å².